The summed E-state index contributed by atoms with van der Waals surface area (Å²) in [7, 11) is 0. The van der Waals surface area contributed by atoms with Crippen molar-refractivity contribution in [1.29, 1.82) is 0 Å². The number of thiophene rings is 1. The van der Waals surface area contributed by atoms with Gasteiger partial charge in [0.1, 0.15) is 0 Å². The van der Waals surface area contributed by atoms with Crippen LogP contribution in [0.3, 0.4) is 0 Å². The first-order valence-corrected chi connectivity index (χ1v) is 9.29. The molecule has 0 aliphatic carbocycles. The fourth-order valence-corrected chi connectivity index (χ4v) is 3.80. The first-order chi connectivity index (χ1) is 10.2. The molecule has 0 saturated heterocycles. The summed E-state index contributed by atoms with van der Waals surface area (Å²) in [5.74, 6) is 0.813. The summed E-state index contributed by atoms with van der Waals surface area (Å²) in [5.41, 5.74) is 0.841. The maximum atomic E-state index is 6.01. The van der Waals surface area contributed by atoms with Crippen molar-refractivity contribution in [3.05, 3.63) is 20.4 Å². The Hall–Kier alpha value is -0.430. The lowest BCUT2D eigenvalue weighted by atomic mass is 10.4. The van der Waals surface area contributed by atoms with E-state index in [0.29, 0.717) is 6.61 Å². The zero-order chi connectivity index (χ0) is 15.2. The normalized spacial score (nSPS) is 11.2. The van der Waals surface area contributed by atoms with Gasteiger partial charge in [0.15, 0.2) is 11.5 Å². The van der Waals surface area contributed by atoms with Gasteiger partial charge in [-0.1, -0.05) is 25.6 Å². The molecule has 0 aliphatic rings. The Morgan fingerprint density at radius 1 is 1.38 bits per heavy atom. The molecule has 2 aromatic rings. The summed E-state index contributed by atoms with van der Waals surface area (Å²) in [6.45, 7) is 7.48. The molecule has 0 amide bonds. The number of likely N-dealkylation sites (N-methyl/N-ethyl adjacent to an activating group) is 1. The van der Waals surface area contributed by atoms with Crippen LogP contribution >= 0.6 is 39.5 Å². The molecule has 0 aromatic carbocycles. The molecular formula is C15H20BrNO2S2. The van der Waals surface area contributed by atoms with Crippen molar-refractivity contribution < 1.29 is 9.15 Å². The summed E-state index contributed by atoms with van der Waals surface area (Å²) < 4.78 is 14.5. The van der Waals surface area contributed by atoms with Gasteiger partial charge >= 0.3 is 0 Å². The van der Waals surface area contributed by atoms with E-state index in [0.717, 1.165) is 57.7 Å². The SMILES string of the molecule is CCCCOCCN(CC)c1cc(=S)c2scc(Br)c2o1. The van der Waals surface area contributed by atoms with Gasteiger partial charge in [0.2, 0.25) is 0 Å². The van der Waals surface area contributed by atoms with Crippen molar-refractivity contribution in [3.63, 3.8) is 0 Å². The largest absolute Gasteiger partial charge is 0.438 e. The van der Waals surface area contributed by atoms with E-state index in [4.69, 9.17) is 21.4 Å². The molecule has 21 heavy (non-hydrogen) atoms. The van der Waals surface area contributed by atoms with Gasteiger partial charge in [-0.25, -0.2) is 0 Å². The lowest BCUT2D eigenvalue weighted by Gasteiger charge is -2.21. The van der Waals surface area contributed by atoms with Crippen molar-refractivity contribution >= 4 is 55.7 Å². The highest BCUT2D eigenvalue weighted by Crippen LogP contribution is 2.34. The maximum Gasteiger partial charge on any atom is 0.197 e. The van der Waals surface area contributed by atoms with Crippen LogP contribution in [0.2, 0.25) is 0 Å². The summed E-state index contributed by atoms with van der Waals surface area (Å²) >= 11 is 10.6. The molecule has 2 heterocycles. The van der Waals surface area contributed by atoms with Gasteiger partial charge in [-0.3, -0.25) is 0 Å². The van der Waals surface area contributed by atoms with Crippen LogP contribution in [0.1, 0.15) is 26.7 Å². The highest BCUT2D eigenvalue weighted by atomic mass is 79.9. The number of anilines is 1. The van der Waals surface area contributed by atoms with Crippen molar-refractivity contribution in [2.24, 2.45) is 0 Å². The van der Waals surface area contributed by atoms with E-state index in [1.807, 2.05) is 11.4 Å². The topological polar surface area (TPSA) is 25.6 Å². The summed E-state index contributed by atoms with van der Waals surface area (Å²) in [5, 5.41) is 2.01. The molecule has 0 radical (unpaired) electrons. The van der Waals surface area contributed by atoms with Crippen molar-refractivity contribution in [2.75, 3.05) is 31.2 Å². The van der Waals surface area contributed by atoms with E-state index in [9.17, 15) is 0 Å². The molecule has 2 rings (SSSR count). The summed E-state index contributed by atoms with van der Waals surface area (Å²) in [4.78, 5) is 2.16. The van der Waals surface area contributed by atoms with Crippen LogP contribution in [0, 0.1) is 4.51 Å². The number of unbranched alkanes of at least 4 members (excludes halogenated alkanes) is 1. The van der Waals surface area contributed by atoms with Crippen molar-refractivity contribution in [2.45, 2.75) is 26.7 Å². The number of hydrogen-bond donors (Lipinski definition) is 0. The van der Waals surface area contributed by atoms with Crippen LogP contribution in [-0.2, 0) is 4.74 Å². The third-order valence-corrected chi connectivity index (χ3v) is 5.57. The molecular weight excluding hydrogens is 370 g/mol. The Morgan fingerprint density at radius 2 is 2.19 bits per heavy atom. The lowest BCUT2D eigenvalue weighted by Crippen LogP contribution is -2.27. The molecule has 0 bridgehead atoms. The van der Waals surface area contributed by atoms with E-state index in [-0.39, 0.29) is 0 Å². The molecule has 6 heteroatoms. The minimum Gasteiger partial charge on any atom is -0.438 e. The van der Waals surface area contributed by atoms with Crippen LogP contribution in [0.15, 0.2) is 20.3 Å². The molecule has 0 fully saturated rings. The fraction of sp³-hybridized carbons (Fsp3) is 0.533. The molecule has 0 spiro atoms. The van der Waals surface area contributed by atoms with E-state index < -0.39 is 0 Å². The highest BCUT2D eigenvalue weighted by molar-refractivity contribution is 9.10. The molecule has 3 nitrogen and oxygen atoms in total. The Balaban J connectivity index is 2.10. The Labute approximate surface area is 143 Å². The third kappa shape index (κ3) is 4.28. The van der Waals surface area contributed by atoms with Gasteiger partial charge in [0.05, 0.1) is 20.3 Å². The fourth-order valence-electron chi connectivity index (χ4n) is 2.01. The van der Waals surface area contributed by atoms with E-state index >= 15 is 0 Å². The van der Waals surface area contributed by atoms with Gasteiger partial charge in [0, 0.05) is 31.1 Å². The molecule has 0 saturated carbocycles. The van der Waals surface area contributed by atoms with E-state index in [1.165, 1.54) is 0 Å². The number of ether oxygens (including phenoxy) is 1. The van der Waals surface area contributed by atoms with E-state index in [1.54, 1.807) is 11.3 Å². The number of hydrogen-bond acceptors (Lipinski definition) is 5. The van der Waals surface area contributed by atoms with Gasteiger partial charge in [-0.2, -0.15) is 0 Å². The molecule has 116 valence electrons. The average molecular weight is 390 g/mol. The molecule has 0 N–H and O–H groups in total. The number of fused-ring (bicyclic) bond motifs is 1. The Morgan fingerprint density at radius 3 is 2.90 bits per heavy atom. The number of rotatable bonds is 8. The van der Waals surface area contributed by atoms with Gasteiger partial charge < -0.3 is 14.1 Å². The average Bonchev–Trinajstić information content (AvgIpc) is 2.85. The second-order valence-electron chi connectivity index (χ2n) is 4.74. The Bertz CT molecular complexity index is 638. The second kappa shape index (κ2) is 8.27. The number of nitrogens with zero attached hydrogens (tertiary/aromatic N) is 1. The van der Waals surface area contributed by atoms with Crippen molar-refractivity contribution in [3.8, 4) is 0 Å². The van der Waals surface area contributed by atoms with Crippen LogP contribution in [0.5, 0.6) is 0 Å². The van der Waals surface area contributed by atoms with Crippen LogP contribution in [-0.4, -0.2) is 26.3 Å². The first-order valence-electron chi connectivity index (χ1n) is 7.20. The van der Waals surface area contributed by atoms with Gasteiger partial charge in [-0.15, -0.1) is 11.3 Å². The van der Waals surface area contributed by atoms with Crippen LogP contribution in [0.4, 0.5) is 5.88 Å². The lowest BCUT2D eigenvalue weighted by molar-refractivity contribution is 0.136. The number of halogens is 1. The monoisotopic (exact) mass is 389 g/mol. The van der Waals surface area contributed by atoms with Crippen LogP contribution in [0.25, 0.3) is 10.3 Å². The van der Waals surface area contributed by atoms with Crippen LogP contribution < -0.4 is 4.90 Å². The standard InChI is InChI=1S/C15H20BrNO2S2/c1-3-5-7-18-8-6-17(4-2)13-9-12(20)15-14(19-13)11(16)10-21-15/h9-10H,3-8H2,1-2H3. The molecule has 2 aromatic heterocycles. The quantitative estimate of drug-likeness (QED) is 0.431. The molecule has 0 atom stereocenters. The second-order valence-corrected chi connectivity index (χ2v) is 6.91. The smallest absolute Gasteiger partial charge is 0.197 e. The van der Waals surface area contributed by atoms with Gasteiger partial charge in [0.25, 0.3) is 0 Å². The predicted octanol–water partition coefficient (Wildman–Crippen LogP) is 5.63. The minimum atomic E-state index is 0.707. The Kier molecular flexibility index (Phi) is 6.67. The highest BCUT2D eigenvalue weighted by Gasteiger charge is 2.12. The molecule has 0 unspecified atom stereocenters. The summed E-state index contributed by atoms with van der Waals surface area (Å²) in [6, 6.07) is 1.94. The third-order valence-electron chi connectivity index (χ3n) is 3.23. The van der Waals surface area contributed by atoms with Gasteiger partial charge in [-0.05, 0) is 29.3 Å². The maximum absolute atomic E-state index is 6.01. The summed E-state index contributed by atoms with van der Waals surface area (Å²) in [6.07, 6.45) is 2.27. The zero-order valence-corrected chi connectivity index (χ0v) is 15.6. The van der Waals surface area contributed by atoms with Crippen molar-refractivity contribution in [1.82, 2.24) is 0 Å². The predicted molar refractivity (Wildman–Crippen MR) is 96.2 cm³/mol. The first kappa shape index (κ1) is 16.9. The zero-order valence-electron chi connectivity index (χ0n) is 12.4. The molecule has 0 aliphatic heterocycles. The van der Waals surface area contributed by atoms with E-state index in [2.05, 4.69) is 34.7 Å². The minimum absolute atomic E-state index is 0.707.